The lowest BCUT2D eigenvalue weighted by Gasteiger charge is -2.20. The highest BCUT2D eigenvalue weighted by molar-refractivity contribution is 5.81. The van der Waals surface area contributed by atoms with Gasteiger partial charge in [-0.15, -0.1) is 0 Å². The van der Waals surface area contributed by atoms with Gasteiger partial charge in [0.05, 0.1) is 19.4 Å². The maximum absolute atomic E-state index is 12.5. The lowest BCUT2D eigenvalue weighted by molar-refractivity contribution is -0.134. The summed E-state index contributed by atoms with van der Waals surface area (Å²) < 4.78 is 10.8. The smallest absolute Gasteiger partial charge is 0.226 e. The first-order valence-corrected chi connectivity index (χ1v) is 8.12. The molecule has 1 aliphatic carbocycles. The van der Waals surface area contributed by atoms with E-state index in [1.54, 1.807) is 11.2 Å². The molecule has 3 aromatic rings. The Hall–Kier alpha value is -2.82. The molecule has 122 valence electrons. The number of hydrogen-bond donors (Lipinski definition) is 0. The molecule has 1 aromatic carbocycles. The maximum Gasteiger partial charge on any atom is 0.226 e. The molecule has 4 rings (SSSR count). The van der Waals surface area contributed by atoms with Crippen molar-refractivity contribution in [2.75, 3.05) is 0 Å². The van der Waals surface area contributed by atoms with Crippen LogP contribution in [-0.2, 0) is 17.9 Å². The van der Waals surface area contributed by atoms with Gasteiger partial charge in [-0.1, -0.05) is 35.5 Å². The van der Waals surface area contributed by atoms with Crippen molar-refractivity contribution in [3.8, 4) is 11.3 Å². The van der Waals surface area contributed by atoms with Crippen molar-refractivity contribution in [2.45, 2.75) is 25.9 Å². The summed E-state index contributed by atoms with van der Waals surface area (Å²) in [6.45, 7) is 0.877. The molecule has 2 heterocycles. The molecule has 0 bridgehead atoms. The Labute approximate surface area is 139 Å². The van der Waals surface area contributed by atoms with Gasteiger partial charge in [0.15, 0.2) is 5.76 Å². The molecular weight excluding hydrogens is 304 g/mol. The first kappa shape index (κ1) is 14.8. The van der Waals surface area contributed by atoms with Gasteiger partial charge in [0.2, 0.25) is 5.91 Å². The highest BCUT2D eigenvalue weighted by atomic mass is 16.5. The Bertz CT molecular complexity index is 804. The molecular formula is C19H18N2O3. The van der Waals surface area contributed by atoms with Gasteiger partial charge >= 0.3 is 0 Å². The molecule has 0 atom stereocenters. The fourth-order valence-corrected chi connectivity index (χ4v) is 2.71. The number of carbonyl (C=O) groups is 1. The highest BCUT2D eigenvalue weighted by Crippen LogP contribution is 2.32. The van der Waals surface area contributed by atoms with Gasteiger partial charge in [0.25, 0.3) is 0 Å². The van der Waals surface area contributed by atoms with Gasteiger partial charge in [0.1, 0.15) is 11.5 Å². The number of aromatic nitrogens is 1. The summed E-state index contributed by atoms with van der Waals surface area (Å²) in [5, 5.41) is 4.12. The highest BCUT2D eigenvalue weighted by Gasteiger charge is 2.34. The van der Waals surface area contributed by atoms with E-state index in [4.69, 9.17) is 8.94 Å². The topological polar surface area (TPSA) is 59.5 Å². The number of furan rings is 1. The zero-order valence-corrected chi connectivity index (χ0v) is 13.2. The Morgan fingerprint density at radius 3 is 2.67 bits per heavy atom. The van der Waals surface area contributed by atoms with Crippen LogP contribution in [0.1, 0.15) is 24.3 Å². The minimum absolute atomic E-state index is 0.153. The summed E-state index contributed by atoms with van der Waals surface area (Å²) in [6, 6.07) is 15.4. The van der Waals surface area contributed by atoms with Crippen molar-refractivity contribution in [1.82, 2.24) is 10.1 Å². The van der Waals surface area contributed by atoms with Crippen molar-refractivity contribution in [3.63, 3.8) is 0 Å². The molecule has 0 N–H and O–H groups in total. The van der Waals surface area contributed by atoms with Crippen molar-refractivity contribution in [1.29, 1.82) is 0 Å². The normalized spacial score (nSPS) is 13.8. The molecule has 5 nitrogen and oxygen atoms in total. The fourth-order valence-electron chi connectivity index (χ4n) is 2.71. The average molecular weight is 322 g/mol. The summed E-state index contributed by atoms with van der Waals surface area (Å²) >= 11 is 0. The van der Waals surface area contributed by atoms with E-state index < -0.39 is 0 Å². The third-order valence-corrected chi connectivity index (χ3v) is 4.14. The zero-order valence-electron chi connectivity index (χ0n) is 13.2. The quantitative estimate of drug-likeness (QED) is 0.691. The summed E-state index contributed by atoms with van der Waals surface area (Å²) in [5.41, 5.74) is 1.72. The molecule has 1 fully saturated rings. The Balaban J connectivity index is 1.51. The molecule has 1 amide bonds. The van der Waals surface area contributed by atoms with Gasteiger partial charge in [0, 0.05) is 17.5 Å². The van der Waals surface area contributed by atoms with Crippen LogP contribution in [0, 0.1) is 5.92 Å². The van der Waals surface area contributed by atoms with Crippen LogP contribution in [0.2, 0.25) is 0 Å². The van der Waals surface area contributed by atoms with E-state index in [1.165, 1.54) is 0 Å². The molecule has 5 heteroatoms. The van der Waals surface area contributed by atoms with Crippen LogP contribution < -0.4 is 0 Å². The van der Waals surface area contributed by atoms with E-state index in [2.05, 4.69) is 5.16 Å². The van der Waals surface area contributed by atoms with Crippen molar-refractivity contribution in [3.05, 3.63) is 66.2 Å². The lowest BCUT2D eigenvalue weighted by Crippen LogP contribution is -2.31. The number of hydrogen-bond acceptors (Lipinski definition) is 4. The fraction of sp³-hybridized carbons (Fsp3) is 0.263. The zero-order chi connectivity index (χ0) is 16.4. The SMILES string of the molecule is O=C(C1CC1)N(Cc1cc(-c2ccccc2)on1)Cc1ccco1. The molecule has 1 aliphatic rings. The molecule has 1 saturated carbocycles. The molecule has 0 spiro atoms. The molecule has 2 aromatic heterocycles. The molecule has 24 heavy (non-hydrogen) atoms. The summed E-state index contributed by atoms with van der Waals surface area (Å²) in [5.74, 6) is 1.80. The number of carbonyl (C=O) groups excluding carboxylic acids is 1. The maximum atomic E-state index is 12.5. The van der Waals surface area contributed by atoms with Crippen LogP contribution in [0.5, 0.6) is 0 Å². The standard InChI is InChI=1S/C19H18N2O3/c22-19(15-8-9-15)21(13-17-7-4-10-23-17)12-16-11-18(24-20-16)14-5-2-1-3-6-14/h1-7,10-11,15H,8-9,12-13H2. The van der Waals surface area contributed by atoms with E-state index in [0.29, 0.717) is 18.8 Å². The number of benzene rings is 1. The van der Waals surface area contributed by atoms with Crippen LogP contribution in [0.25, 0.3) is 11.3 Å². The predicted octanol–water partition coefficient (Wildman–Crippen LogP) is 3.87. The van der Waals surface area contributed by atoms with Gasteiger partial charge in [-0.3, -0.25) is 4.79 Å². The van der Waals surface area contributed by atoms with E-state index in [0.717, 1.165) is 29.9 Å². The van der Waals surface area contributed by atoms with Crippen LogP contribution in [-0.4, -0.2) is 16.0 Å². The van der Waals surface area contributed by atoms with E-state index in [9.17, 15) is 4.79 Å². The first-order valence-electron chi connectivity index (χ1n) is 8.12. The molecule has 0 saturated heterocycles. The van der Waals surface area contributed by atoms with Gasteiger partial charge in [-0.05, 0) is 25.0 Å². The Morgan fingerprint density at radius 2 is 1.96 bits per heavy atom. The van der Waals surface area contributed by atoms with E-state index in [-0.39, 0.29) is 11.8 Å². The predicted molar refractivity (Wildman–Crippen MR) is 87.6 cm³/mol. The van der Waals surface area contributed by atoms with Gasteiger partial charge in [-0.2, -0.15) is 0 Å². The average Bonchev–Trinajstić information content (AvgIpc) is 3.14. The van der Waals surface area contributed by atoms with Crippen molar-refractivity contribution < 1.29 is 13.7 Å². The van der Waals surface area contributed by atoms with E-state index in [1.807, 2.05) is 48.5 Å². The number of rotatable bonds is 6. The van der Waals surface area contributed by atoms with Crippen LogP contribution in [0.3, 0.4) is 0 Å². The second-order valence-corrected chi connectivity index (χ2v) is 6.10. The Kier molecular flexibility index (Phi) is 3.91. The minimum atomic E-state index is 0.153. The molecule has 0 unspecified atom stereocenters. The largest absolute Gasteiger partial charge is 0.467 e. The van der Waals surface area contributed by atoms with Crippen molar-refractivity contribution >= 4 is 5.91 Å². The second kappa shape index (κ2) is 6.35. The van der Waals surface area contributed by atoms with Crippen LogP contribution >= 0.6 is 0 Å². The Morgan fingerprint density at radius 1 is 1.12 bits per heavy atom. The molecule has 0 aliphatic heterocycles. The van der Waals surface area contributed by atoms with Crippen LogP contribution in [0.15, 0.2) is 63.7 Å². The molecule has 0 radical (unpaired) electrons. The van der Waals surface area contributed by atoms with Gasteiger partial charge < -0.3 is 13.8 Å². The second-order valence-electron chi connectivity index (χ2n) is 6.10. The third kappa shape index (κ3) is 3.25. The number of nitrogens with zero attached hydrogens (tertiary/aromatic N) is 2. The summed E-state index contributed by atoms with van der Waals surface area (Å²) in [4.78, 5) is 14.3. The van der Waals surface area contributed by atoms with Crippen molar-refractivity contribution in [2.24, 2.45) is 5.92 Å². The first-order chi connectivity index (χ1) is 11.8. The number of amides is 1. The summed E-state index contributed by atoms with van der Waals surface area (Å²) in [7, 11) is 0. The van der Waals surface area contributed by atoms with E-state index >= 15 is 0 Å². The van der Waals surface area contributed by atoms with Gasteiger partial charge in [-0.25, -0.2) is 0 Å². The lowest BCUT2D eigenvalue weighted by atomic mass is 10.1. The third-order valence-electron chi connectivity index (χ3n) is 4.14. The van der Waals surface area contributed by atoms with Crippen LogP contribution in [0.4, 0.5) is 0 Å². The minimum Gasteiger partial charge on any atom is -0.467 e. The monoisotopic (exact) mass is 322 g/mol. The summed E-state index contributed by atoms with van der Waals surface area (Å²) in [6.07, 6.45) is 3.57.